The molecule has 5 nitrogen and oxygen atoms in total. The number of hydrogen-bond donors (Lipinski definition) is 1. The molecule has 0 unspecified atom stereocenters. The van der Waals surface area contributed by atoms with Gasteiger partial charge in [0.1, 0.15) is 17.1 Å². The Balaban J connectivity index is 2.22. The van der Waals surface area contributed by atoms with Gasteiger partial charge in [-0.1, -0.05) is 6.07 Å². The van der Waals surface area contributed by atoms with E-state index in [1.165, 1.54) is 0 Å². The van der Waals surface area contributed by atoms with Crippen LogP contribution in [0.5, 0.6) is 11.5 Å². The van der Waals surface area contributed by atoms with Crippen molar-refractivity contribution in [2.75, 3.05) is 34.4 Å². The lowest BCUT2D eigenvalue weighted by molar-refractivity contribution is 0.0655. The minimum Gasteiger partial charge on any atom is -0.496 e. The van der Waals surface area contributed by atoms with Crippen molar-refractivity contribution < 1.29 is 14.3 Å². The highest BCUT2D eigenvalue weighted by molar-refractivity contribution is 5.99. The molecule has 1 N–H and O–H groups in total. The van der Waals surface area contributed by atoms with Gasteiger partial charge in [-0.3, -0.25) is 4.79 Å². The van der Waals surface area contributed by atoms with E-state index < -0.39 is 0 Å². The number of piperidine rings is 1. The van der Waals surface area contributed by atoms with Crippen LogP contribution in [-0.2, 0) is 0 Å². The molecule has 1 aliphatic heterocycles. The Bertz CT molecular complexity index is 486. The average Bonchev–Trinajstić information content (AvgIpc) is 2.54. The molecule has 0 radical (unpaired) electrons. The van der Waals surface area contributed by atoms with E-state index in [0.717, 1.165) is 25.9 Å². The first-order valence-electron chi connectivity index (χ1n) is 7.24. The van der Waals surface area contributed by atoms with E-state index in [-0.39, 0.29) is 11.4 Å². The molecule has 0 spiro atoms. The molecule has 1 saturated heterocycles. The second-order valence-electron chi connectivity index (χ2n) is 5.64. The quantitative estimate of drug-likeness (QED) is 0.921. The van der Waals surface area contributed by atoms with Crippen LogP contribution in [0.1, 0.15) is 30.1 Å². The fourth-order valence-electron chi connectivity index (χ4n) is 2.67. The molecule has 116 valence electrons. The molecule has 1 fully saturated rings. The molecule has 21 heavy (non-hydrogen) atoms. The number of benzene rings is 1. The summed E-state index contributed by atoms with van der Waals surface area (Å²) in [6.45, 7) is 3.66. The molecule has 5 heteroatoms. The molecular formula is C16H24N2O3. The summed E-state index contributed by atoms with van der Waals surface area (Å²) in [5.74, 6) is 1.09. The number of methoxy groups -OCH3 is 2. The van der Waals surface area contributed by atoms with Crippen molar-refractivity contribution in [3.8, 4) is 11.5 Å². The molecule has 0 aromatic heterocycles. The highest BCUT2D eigenvalue weighted by atomic mass is 16.5. The van der Waals surface area contributed by atoms with Crippen LogP contribution in [0.15, 0.2) is 18.2 Å². The van der Waals surface area contributed by atoms with Gasteiger partial charge in [-0.05, 0) is 38.9 Å². The predicted octanol–water partition coefficient (Wildman–Crippen LogP) is 1.92. The van der Waals surface area contributed by atoms with Gasteiger partial charge in [-0.25, -0.2) is 0 Å². The van der Waals surface area contributed by atoms with E-state index in [1.807, 2.05) is 18.0 Å². The van der Waals surface area contributed by atoms with Crippen LogP contribution in [0.2, 0.25) is 0 Å². The Kier molecular flexibility index (Phi) is 4.73. The van der Waals surface area contributed by atoms with Crippen LogP contribution in [-0.4, -0.2) is 50.7 Å². The smallest absolute Gasteiger partial charge is 0.261 e. The molecule has 0 saturated carbocycles. The fourth-order valence-corrected chi connectivity index (χ4v) is 2.67. The lowest BCUT2D eigenvalue weighted by atomic mass is 9.89. The van der Waals surface area contributed by atoms with Gasteiger partial charge in [0, 0.05) is 18.6 Å². The average molecular weight is 292 g/mol. The maximum Gasteiger partial charge on any atom is 0.261 e. The largest absolute Gasteiger partial charge is 0.496 e. The fraction of sp³-hybridized carbons (Fsp3) is 0.562. The summed E-state index contributed by atoms with van der Waals surface area (Å²) in [7, 11) is 5.11. The lowest BCUT2D eigenvalue weighted by Crippen LogP contribution is -2.51. The molecule has 2 rings (SSSR count). The molecule has 0 atom stereocenters. The highest BCUT2D eigenvalue weighted by Crippen LogP contribution is 2.31. The van der Waals surface area contributed by atoms with Gasteiger partial charge in [-0.15, -0.1) is 0 Å². The third-order valence-electron chi connectivity index (χ3n) is 4.40. The Morgan fingerprint density at radius 2 is 1.71 bits per heavy atom. The van der Waals surface area contributed by atoms with E-state index in [4.69, 9.17) is 9.47 Å². The van der Waals surface area contributed by atoms with Crippen LogP contribution in [0, 0.1) is 0 Å². The van der Waals surface area contributed by atoms with Crippen molar-refractivity contribution in [2.45, 2.75) is 25.3 Å². The van der Waals surface area contributed by atoms with Crippen molar-refractivity contribution in [3.63, 3.8) is 0 Å². The molecular weight excluding hydrogens is 268 g/mol. The van der Waals surface area contributed by atoms with Gasteiger partial charge in [0.25, 0.3) is 5.91 Å². The zero-order chi connectivity index (χ0) is 15.5. The summed E-state index contributed by atoms with van der Waals surface area (Å²) in [4.78, 5) is 14.7. The van der Waals surface area contributed by atoms with E-state index in [1.54, 1.807) is 26.4 Å². The van der Waals surface area contributed by atoms with Crippen LogP contribution in [0.3, 0.4) is 0 Å². The van der Waals surface area contributed by atoms with Crippen molar-refractivity contribution in [1.29, 1.82) is 0 Å². The number of likely N-dealkylation sites (tertiary alicyclic amines) is 1. The third kappa shape index (κ3) is 3.13. The van der Waals surface area contributed by atoms with Crippen molar-refractivity contribution in [3.05, 3.63) is 23.8 Å². The zero-order valence-corrected chi connectivity index (χ0v) is 13.2. The van der Waals surface area contributed by atoms with E-state index >= 15 is 0 Å². The number of nitrogens with one attached hydrogen (secondary N) is 1. The monoisotopic (exact) mass is 292 g/mol. The van der Waals surface area contributed by atoms with Gasteiger partial charge < -0.3 is 19.7 Å². The van der Waals surface area contributed by atoms with Gasteiger partial charge in [-0.2, -0.15) is 0 Å². The Morgan fingerprint density at radius 1 is 1.19 bits per heavy atom. The van der Waals surface area contributed by atoms with Crippen molar-refractivity contribution in [1.82, 2.24) is 10.2 Å². The first-order chi connectivity index (χ1) is 10.0. The Hall–Kier alpha value is -1.75. The number of carbonyl (C=O) groups excluding carboxylic acids is 1. The van der Waals surface area contributed by atoms with Gasteiger partial charge in [0.2, 0.25) is 0 Å². The number of amides is 1. The summed E-state index contributed by atoms with van der Waals surface area (Å²) < 4.78 is 10.6. The van der Waals surface area contributed by atoms with Crippen LogP contribution < -0.4 is 14.8 Å². The second-order valence-corrected chi connectivity index (χ2v) is 5.64. The summed E-state index contributed by atoms with van der Waals surface area (Å²) in [6, 6.07) is 5.40. The first-order valence-corrected chi connectivity index (χ1v) is 7.24. The minimum absolute atomic E-state index is 0.0255. The third-order valence-corrected chi connectivity index (χ3v) is 4.40. The minimum atomic E-state index is -0.0255. The number of nitrogens with zero attached hydrogens (tertiary/aromatic N) is 1. The van der Waals surface area contributed by atoms with E-state index in [2.05, 4.69) is 12.2 Å². The number of carbonyl (C=O) groups is 1. The lowest BCUT2D eigenvalue weighted by Gasteiger charge is -2.39. The van der Waals surface area contributed by atoms with E-state index in [0.29, 0.717) is 17.1 Å². The summed E-state index contributed by atoms with van der Waals surface area (Å²) in [5, 5.41) is 3.34. The standard InChI is InChI=1S/C16H24N2O3/c1-16(17-2)8-10-18(11-9-16)15(19)14-12(20-3)6-5-7-13(14)21-4/h5-7,17H,8-11H2,1-4H3. The SMILES string of the molecule is CNC1(C)CCN(C(=O)c2c(OC)cccc2OC)CC1. The number of hydrogen-bond acceptors (Lipinski definition) is 4. The van der Waals surface area contributed by atoms with Gasteiger partial charge in [0.05, 0.1) is 14.2 Å². The van der Waals surface area contributed by atoms with E-state index in [9.17, 15) is 4.79 Å². The number of ether oxygens (including phenoxy) is 2. The highest BCUT2D eigenvalue weighted by Gasteiger charge is 2.32. The van der Waals surface area contributed by atoms with Gasteiger partial charge in [0.15, 0.2) is 0 Å². The summed E-state index contributed by atoms with van der Waals surface area (Å²) >= 11 is 0. The van der Waals surface area contributed by atoms with Crippen molar-refractivity contribution >= 4 is 5.91 Å². The molecule has 1 aromatic carbocycles. The summed E-state index contributed by atoms with van der Waals surface area (Å²) in [5.41, 5.74) is 0.623. The normalized spacial score (nSPS) is 17.4. The molecule has 1 aliphatic rings. The molecule has 1 heterocycles. The molecule has 0 bridgehead atoms. The maximum atomic E-state index is 12.8. The van der Waals surface area contributed by atoms with Gasteiger partial charge >= 0.3 is 0 Å². The second kappa shape index (κ2) is 6.35. The molecule has 0 aliphatic carbocycles. The molecule has 1 amide bonds. The van der Waals surface area contributed by atoms with Crippen molar-refractivity contribution in [2.24, 2.45) is 0 Å². The first kappa shape index (κ1) is 15.6. The number of rotatable bonds is 4. The van der Waals surface area contributed by atoms with Crippen LogP contribution in [0.25, 0.3) is 0 Å². The van der Waals surface area contributed by atoms with Crippen LogP contribution >= 0.6 is 0 Å². The molecule has 1 aromatic rings. The summed E-state index contributed by atoms with van der Waals surface area (Å²) in [6.07, 6.45) is 1.87. The Labute approximate surface area is 126 Å². The predicted molar refractivity (Wildman–Crippen MR) is 82.1 cm³/mol. The maximum absolute atomic E-state index is 12.8. The van der Waals surface area contributed by atoms with Crippen LogP contribution in [0.4, 0.5) is 0 Å². The zero-order valence-electron chi connectivity index (χ0n) is 13.2. The Morgan fingerprint density at radius 3 is 2.14 bits per heavy atom. The topological polar surface area (TPSA) is 50.8 Å².